The number of rotatable bonds is 4. The molecule has 1 aliphatic heterocycles. The fraction of sp³-hybridized carbons (Fsp3) is 0.364. The number of Topliss-reactive ketones (excluding diaryl/α,β-unsaturated/α-hetero) is 1. The minimum Gasteiger partial charge on any atom is -0.503 e. The molecule has 1 unspecified atom stereocenters. The maximum Gasteiger partial charge on any atom is 0.290 e. The highest BCUT2D eigenvalue weighted by molar-refractivity contribution is 6.11. The van der Waals surface area contributed by atoms with Gasteiger partial charge in [-0.25, -0.2) is 0 Å². The molecule has 1 heterocycles. The van der Waals surface area contributed by atoms with E-state index < -0.39 is 23.1 Å². The highest BCUT2D eigenvalue weighted by Gasteiger charge is 2.45. The number of ketones is 1. The van der Waals surface area contributed by atoms with Gasteiger partial charge in [-0.3, -0.25) is 9.59 Å². The van der Waals surface area contributed by atoms with Crippen LogP contribution in [-0.4, -0.2) is 28.2 Å². The topological polar surface area (TPSA) is 57.6 Å². The van der Waals surface area contributed by atoms with Gasteiger partial charge in [-0.05, 0) is 22.8 Å². The maximum atomic E-state index is 13.1. The Labute approximate surface area is 154 Å². The third-order valence-corrected chi connectivity index (χ3v) is 4.81. The molecule has 0 saturated heterocycles. The first-order chi connectivity index (χ1) is 12.3. The van der Waals surface area contributed by atoms with E-state index in [4.69, 9.17) is 0 Å². The monoisotopic (exact) mass is 351 g/mol. The van der Waals surface area contributed by atoms with E-state index in [2.05, 4.69) is 0 Å². The van der Waals surface area contributed by atoms with Gasteiger partial charge in [-0.1, -0.05) is 70.2 Å². The molecule has 26 heavy (non-hydrogen) atoms. The molecule has 0 spiro atoms. The number of carbonyl (C=O) groups is 2. The van der Waals surface area contributed by atoms with Crippen LogP contribution in [0.1, 0.15) is 45.7 Å². The zero-order chi connectivity index (χ0) is 19.1. The number of aliphatic hydroxyl groups excluding tert-OH is 1. The van der Waals surface area contributed by atoms with Crippen LogP contribution in [0.5, 0.6) is 0 Å². The van der Waals surface area contributed by atoms with Crippen LogP contribution in [0.4, 0.5) is 0 Å². The van der Waals surface area contributed by atoms with Crippen LogP contribution >= 0.6 is 0 Å². The van der Waals surface area contributed by atoms with Gasteiger partial charge in [-0.2, -0.15) is 0 Å². The van der Waals surface area contributed by atoms with E-state index in [1.165, 1.54) is 0 Å². The molecular formula is C22H25NO3. The standard InChI is InChI=1S/C22H25NO3/c1-5-13-23-18(16-12-8-10-14-9-6-7-11-15(14)16)17(19(24)21(23)26)20(25)22(2,3)4/h6-12,18,24H,5,13H2,1-4H3. The summed E-state index contributed by atoms with van der Waals surface area (Å²) in [6, 6.07) is 13.2. The van der Waals surface area contributed by atoms with Crippen molar-refractivity contribution in [3.8, 4) is 0 Å². The van der Waals surface area contributed by atoms with E-state index in [-0.39, 0.29) is 11.4 Å². The first-order valence-electron chi connectivity index (χ1n) is 9.04. The van der Waals surface area contributed by atoms with Crippen molar-refractivity contribution < 1.29 is 14.7 Å². The third kappa shape index (κ3) is 2.90. The number of hydrogen-bond donors (Lipinski definition) is 1. The third-order valence-electron chi connectivity index (χ3n) is 4.81. The highest BCUT2D eigenvalue weighted by Crippen LogP contribution is 2.42. The van der Waals surface area contributed by atoms with E-state index in [0.29, 0.717) is 6.54 Å². The molecule has 3 rings (SSSR count). The second-order valence-corrected chi connectivity index (χ2v) is 7.81. The van der Waals surface area contributed by atoms with Crippen molar-refractivity contribution in [2.75, 3.05) is 6.54 Å². The summed E-state index contributed by atoms with van der Waals surface area (Å²) in [5.74, 6) is -1.06. The van der Waals surface area contributed by atoms with Crippen LogP contribution in [0.15, 0.2) is 53.8 Å². The Balaban J connectivity index is 2.25. The number of amides is 1. The molecule has 1 aliphatic rings. The molecule has 0 fully saturated rings. The van der Waals surface area contributed by atoms with E-state index >= 15 is 0 Å². The molecule has 1 N–H and O–H groups in total. The predicted octanol–water partition coefficient (Wildman–Crippen LogP) is 4.56. The SMILES string of the molecule is CCCN1C(=O)C(O)=C(C(=O)C(C)(C)C)C1c1cccc2ccccc12. The van der Waals surface area contributed by atoms with Crippen molar-refractivity contribution in [2.24, 2.45) is 5.41 Å². The molecule has 1 atom stereocenters. The Morgan fingerprint density at radius 1 is 1.12 bits per heavy atom. The van der Waals surface area contributed by atoms with E-state index in [1.807, 2.05) is 70.2 Å². The zero-order valence-corrected chi connectivity index (χ0v) is 15.7. The van der Waals surface area contributed by atoms with Gasteiger partial charge in [0.2, 0.25) is 0 Å². The highest BCUT2D eigenvalue weighted by atomic mass is 16.3. The average Bonchev–Trinajstić information content (AvgIpc) is 2.85. The van der Waals surface area contributed by atoms with Crippen LogP contribution < -0.4 is 0 Å². The summed E-state index contributed by atoms with van der Waals surface area (Å²) in [6.45, 7) is 7.89. The Hall–Kier alpha value is -2.62. The molecule has 0 aliphatic carbocycles. The number of benzene rings is 2. The molecule has 4 heteroatoms. The van der Waals surface area contributed by atoms with Crippen LogP contribution in [0.25, 0.3) is 10.8 Å². The molecule has 0 radical (unpaired) electrons. The Bertz CT molecular complexity index is 900. The second kappa shape index (κ2) is 6.60. The molecule has 0 bridgehead atoms. The zero-order valence-electron chi connectivity index (χ0n) is 15.7. The van der Waals surface area contributed by atoms with Gasteiger partial charge in [0.05, 0.1) is 11.6 Å². The maximum absolute atomic E-state index is 13.1. The number of nitrogens with zero attached hydrogens (tertiary/aromatic N) is 1. The van der Waals surface area contributed by atoms with Gasteiger partial charge < -0.3 is 10.0 Å². The lowest BCUT2D eigenvalue weighted by atomic mass is 9.81. The van der Waals surface area contributed by atoms with Gasteiger partial charge in [0.15, 0.2) is 11.5 Å². The van der Waals surface area contributed by atoms with Crippen molar-refractivity contribution in [3.05, 3.63) is 59.4 Å². The van der Waals surface area contributed by atoms with E-state index in [1.54, 1.807) is 4.90 Å². The van der Waals surface area contributed by atoms with E-state index in [0.717, 1.165) is 22.8 Å². The van der Waals surface area contributed by atoms with Crippen LogP contribution in [0.2, 0.25) is 0 Å². The molecule has 0 aromatic heterocycles. The smallest absolute Gasteiger partial charge is 0.290 e. The predicted molar refractivity (Wildman–Crippen MR) is 103 cm³/mol. The normalized spacial score (nSPS) is 18.1. The van der Waals surface area contributed by atoms with Gasteiger partial charge in [0.25, 0.3) is 5.91 Å². The fourth-order valence-corrected chi connectivity index (χ4v) is 3.57. The summed E-state index contributed by atoms with van der Waals surface area (Å²) in [5, 5.41) is 12.6. The molecule has 136 valence electrons. The second-order valence-electron chi connectivity index (χ2n) is 7.81. The summed E-state index contributed by atoms with van der Waals surface area (Å²) in [4.78, 5) is 27.4. The Morgan fingerprint density at radius 3 is 2.42 bits per heavy atom. The van der Waals surface area contributed by atoms with Crippen molar-refractivity contribution in [1.82, 2.24) is 4.90 Å². The van der Waals surface area contributed by atoms with Crippen molar-refractivity contribution in [3.63, 3.8) is 0 Å². The van der Waals surface area contributed by atoms with E-state index in [9.17, 15) is 14.7 Å². The number of carbonyl (C=O) groups excluding carboxylic acids is 2. The molecule has 1 amide bonds. The molecule has 4 nitrogen and oxygen atoms in total. The Morgan fingerprint density at radius 2 is 1.77 bits per heavy atom. The minimum atomic E-state index is -0.686. The largest absolute Gasteiger partial charge is 0.503 e. The lowest BCUT2D eigenvalue weighted by Crippen LogP contribution is -2.33. The summed E-state index contributed by atoms with van der Waals surface area (Å²) in [6.07, 6.45) is 0.747. The van der Waals surface area contributed by atoms with Crippen LogP contribution in [-0.2, 0) is 9.59 Å². The molecular weight excluding hydrogens is 326 g/mol. The van der Waals surface area contributed by atoms with Gasteiger partial charge in [-0.15, -0.1) is 0 Å². The lowest BCUT2D eigenvalue weighted by molar-refractivity contribution is -0.129. The fourth-order valence-electron chi connectivity index (χ4n) is 3.57. The minimum absolute atomic E-state index is 0.195. The number of hydrogen-bond acceptors (Lipinski definition) is 3. The summed E-state index contributed by atoms with van der Waals surface area (Å²) in [5.41, 5.74) is 0.406. The molecule has 2 aromatic rings. The first-order valence-corrected chi connectivity index (χ1v) is 9.04. The number of aliphatic hydroxyl groups is 1. The summed E-state index contributed by atoms with van der Waals surface area (Å²) < 4.78 is 0. The van der Waals surface area contributed by atoms with Crippen molar-refractivity contribution in [1.29, 1.82) is 0 Å². The summed E-state index contributed by atoms with van der Waals surface area (Å²) >= 11 is 0. The van der Waals surface area contributed by atoms with Crippen LogP contribution in [0, 0.1) is 5.41 Å². The first kappa shape index (κ1) is 18.2. The van der Waals surface area contributed by atoms with Gasteiger partial charge in [0.1, 0.15) is 0 Å². The van der Waals surface area contributed by atoms with Gasteiger partial charge in [0, 0.05) is 12.0 Å². The van der Waals surface area contributed by atoms with Gasteiger partial charge >= 0.3 is 0 Å². The van der Waals surface area contributed by atoms with Crippen LogP contribution in [0.3, 0.4) is 0 Å². The van der Waals surface area contributed by atoms with Crippen molar-refractivity contribution in [2.45, 2.75) is 40.2 Å². The van der Waals surface area contributed by atoms with Crippen molar-refractivity contribution >= 4 is 22.5 Å². The molecule has 2 aromatic carbocycles. The molecule has 0 saturated carbocycles. The lowest BCUT2D eigenvalue weighted by Gasteiger charge is -2.29. The quantitative estimate of drug-likeness (QED) is 0.878. The summed E-state index contributed by atoms with van der Waals surface area (Å²) in [7, 11) is 0. The average molecular weight is 351 g/mol. The number of fused-ring (bicyclic) bond motifs is 1. The Kier molecular flexibility index (Phi) is 4.61.